The van der Waals surface area contributed by atoms with Crippen molar-refractivity contribution in [3.63, 3.8) is 0 Å². The lowest BCUT2D eigenvalue weighted by Crippen LogP contribution is -2.24. The van der Waals surface area contributed by atoms with Gasteiger partial charge in [-0.25, -0.2) is 0 Å². The van der Waals surface area contributed by atoms with Crippen molar-refractivity contribution in [3.05, 3.63) is 6.26 Å². The highest BCUT2D eigenvalue weighted by Crippen LogP contribution is 2.19. The number of thiocarbonyl (C=S) groups is 1. The first-order valence-corrected chi connectivity index (χ1v) is 4.35. The fourth-order valence-electron chi connectivity index (χ4n) is 0.789. The Hall–Kier alpha value is 0.400. The van der Waals surface area contributed by atoms with Crippen molar-refractivity contribution in [2.45, 2.75) is 18.3 Å². The summed E-state index contributed by atoms with van der Waals surface area (Å²) in [6.45, 7) is 0.841. The molecule has 0 aliphatic carbocycles. The Morgan fingerprint density at radius 1 is 1.78 bits per heavy atom. The first kappa shape index (κ1) is 7.51. The molecule has 0 amide bonds. The predicted octanol–water partition coefficient (Wildman–Crippen LogP) is 2.02. The summed E-state index contributed by atoms with van der Waals surface area (Å²) < 4.78 is 5.30. The second-order valence-electron chi connectivity index (χ2n) is 1.94. The molecule has 0 spiro atoms. The molecule has 3 heteroatoms. The Bertz CT molecular complexity index is 114. The smallest absolute Gasteiger partial charge is 0.134 e. The van der Waals surface area contributed by atoms with Gasteiger partial charge in [0.05, 0.1) is 0 Å². The Balaban J connectivity index is 2.39. The molecule has 1 saturated heterocycles. The van der Waals surface area contributed by atoms with Crippen LogP contribution in [0.15, 0.2) is 0 Å². The molecule has 0 N–H and O–H groups in total. The SMILES string of the molecule is [CH2]SC1OCCCC1=S. The molecule has 1 aliphatic heterocycles. The minimum Gasteiger partial charge on any atom is -0.362 e. The first-order chi connectivity index (χ1) is 4.34. The molecule has 0 aromatic carbocycles. The molecule has 0 saturated carbocycles. The maximum Gasteiger partial charge on any atom is 0.134 e. The molecule has 1 rings (SSSR count). The average molecular weight is 161 g/mol. The molecule has 1 unspecified atom stereocenters. The number of ether oxygens (including phenoxy) is 1. The first-order valence-electron chi connectivity index (χ1n) is 2.90. The van der Waals surface area contributed by atoms with Crippen LogP contribution in [-0.4, -0.2) is 16.9 Å². The van der Waals surface area contributed by atoms with Gasteiger partial charge in [0.15, 0.2) is 0 Å². The van der Waals surface area contributed by atoms with Gasteiger partial charge in [-0.15, -0.1) is 11.8 Å². The highest BCUT2D eigenvalue weighted by Gasteiger charge is 2.17. The van der Waals surface area contributed by atoms with Gasteiger partial charge in [-0.1, -0.05) is 12.2 Å². The molecule has 1 aliphatic rings. The summed E-state index contributed by atoms with van der Waals surface area (Å²) in [5, 5.41) is 0. The van der Waals surface area contributed by atoms with Crippen molar-refractivity contribution < 1.29 is 4.74 Å². The standard InChI is InChI=1S/C6H9OS2/c1-9-6-5(8)3-2-4-7-6/h6H,1-4H2. The molecule has 1 nitrogen and oxygen atoms in total. The van der Waals surface area contributed by atoms with Gasteiger partial charge in [0, 0.05) is 17.7 Å². The van der Waals surface area contributed by atoms with E-state index in [4.69, 9.17) is 17.0 Å². The number of rotatable bonds is 1. The summed E-state index contributed by atoms with van der Waals surface area (Å²) >= 11 is 6.48. The van der Waals surface area contributed by atoms with Crippen LogP contribution in [0.2, 0.25) is 0 Å². The lowest BCUT2D eigenvalue weighted by molar-refractivity contribution is 0.136. The summed E-state index contributed by atoms with van der Waals surface area (Å²) in [5.74, 6) is 0. The zero-order valence-electron chi connectivity index (χ0n) is 5.13. The van der Waals surface area contributed by atoms with Crippen molar-refractivity contribution in [3.8, 4) is 0 Å². The Labute approximate surface area is 65.2 Å². The summed E-state index contributed by atoms with van der Waals surface area (Å²) in [4.78, 5) is 1.02. The lowest BCUT2D eigenvalue weighted by Gasteiger charge is -2.21. The molecule has 0 aromatic heterocycles. The van der Waals surface area contributed by atoms with Crippen LogP contribution >= 0.6 is 24.0 Å². The third-order valence-electron chi connectivity index (χ3n) is 1.25. The molecule has 9 heavy (non-hydrogen) atoms. The highest BCUT2D eigenvalue weighted by molar-refractivity contribution is 8.02. The molecular formula is C6H9OS2. The van der Waals surface area contributed by atoms with Crippen molar-refractivity contribution in [2.75, 3.05) is 6.61 Å². The molecule has 1 heterocycles. The van der Waals surface area contributed by atoms with Crippen molar-refractivity contribution in [1.82, 2.24) is 0 Å². The van der Waals surface area contributed by atoms with E-state index in [0.717, 1.165) is 24.3 Å². The van der Waals surface area contributed by atoms with Crippen LogP contribution in [0.3, 0.4) is 0 Å². The second kappa shape index (κ2) is 3.54. The Morgan fingerprint density at radius 3 is 3.00 bits per heavy atom. The monoisotopic (exact) mass is 161 g/mol. The van der Waals surface area contributed by atoms with Gasteiger partial charge in [-0.05, 0) is 12.8 Å². The summed E-state index contributed by atoms with van der Waals surface area (Å²) in [6.07, 6.45) is 5.77. The third kappa shape index (κ3) is 1.92. The average Bonchev–Trinajstić information content (AvgIpc) is 1.89. The molecule has 51 valence electrons. The molecule has 0 aromatic rings. The maximum atomic E-state index is 5.30. The van der Waals surface area contributed by atoms with Crippen molar-refractivity contribution in [2.24, 2.45) is 0 Å². The van der Waals surface area contributed by atoms with Gasteiger partial charge in [0.25, 0.3) is 0 Å². The van der Waals surface area contributed by atoms with Gasteiger partial charge >= 0.3 is 0 Å². The van der Waals surface area contributed by atoms with Crippen LogP contribution in [0.5, 0.6) is 0 Å². The minimum absolute atomic E-state index is 0.0914. The Morgan fingerprint density at radius 2 is 2.56 bits per heavy atom. The van der Waals surface area contributed by atoms with E-state index in [1.54, 1.807) is 0 Å². The van der Waals surface area contributed by atoms with Crippen molar-refractivity contribution in [1.29, 1.82) is 0 Å². The van der Waals surface area contributed by atoms with E-state index in [2.05, 4.69) is 6.26 Å². The summed E-state index contributed by atoms with van der Waals surface area (Å²) in [5.41, 5.74) is 0.0914. The normalized spacial score (nSPS) is 28.6. The highest BCUT2D eigenvalue weighted by atomic mass is 32.2. The molecule has 1 fully saturated rings. The van der Waals surface area contributed by atoms with E-state index in [1.807, 2.05) is 0 Å². The molecule has 0 bridgehead atoms. The number of thioether (sulfide) groups is 1. The van der Waals surface area contributed by atoms with E-state index in [-0.39, 0.29) is 5.44 Å². The number of hydrogen-bond acceptors (Lipinski definition) is 3. The van der Waals surface area contributed by atoms with Crippen LogP contribution < -0.4 is 0 Å². The van der Waals surface area contributed by atoms with Crippen LogP contribution in [-0.2, 0) is 4.74 Å². The lowest BCUT2D eigenvalue weighted by atomic mass is 10.2. The van der Waals surface area contributed by atoms with Crippen LogP contribution in [0.25, 0.3) is 0 Å². The minimum atomic E-state index is 0.0914. The van der Waals surface area contributed by atoms with Crippen LogP contribution in [0.4, 0.5) is 0 Å². The molecule has 1 atom stereocenters. The zero-order chi connectivity index (χ0) is 6.69. The summed E-state index contributed by atoms with van der Waals surface area (Å²) in [7, 11) is 0. The zero-order valence-corrected chi connectivity index (χ0v) is 6.76. The van der Waals surface area contributed by atoms with Gasteiger partial charge in [0.2, 0.25) is 0 Å². The van der Waals surface area contributed by atoms with Crippen LogP contribution in [0, 0.1) is 6.26 Å². The van der Waals surface area contributed by atoms with Gasteiger partial charge in [-0.3, -0.25) is 0 Å². The van der Waals surface area contributed by atoms with Gasteiger partial charge in [-0.2, -0.15) is 0 Å². The topological polar surface area (TPSA) is 9.23 Å². The molecule has 1 radical (unpaired) electrons. The largest absolute Gasteiger partial charge is 0.362 e. The maximum absolute atomic E-state index is 5.30. The second-order valence-corrected chi connectivity index (χ2v) is 3.23. The van der Waals surface area contributed by atoms with E-state index in [9.17, 15) is 0 Å². The fourth-order valence-corrected chi connectivity index (χ4v) is 1.70. The van der Waals surface area contributed by atoms with E-state index >= 15 is 0 Å². The van der Waals surface area contributed by atoms with Crippen LogP contribution in [0.1, 0.15) is 12.8 Å². The Kier molecular flexibility index (Phi) is 2.95. The quantitative estimate of drug-likeness (QED) is 0.544. The fraction of sp³-hybridized carbons (Fsp3) is 0.667. The van der Waals surface area contributed by atoms with Gasteiger partial charge in [0.1, 0.15) is 5.44 Å². The van der Waals surface area contributed by atoms with Crippen molar-refractivity contribution >= 4 is 28.8 Å². The van der Waals surface area contributed by atoms with E-state index < -0.39 is 0 Å². The number of hydrogen-bond donors (Lipinski definition) is 0. The predicted molar refractivity (Wildman–Crippen MR) is 44.5 cm³/mol. The van der Waals surface area contributed by atoms with Gasteiger partial charge < -0.3 is 4.74 Å². The summed E-state index contributed by atoms with van der Waals surface area (Å²) in [6, 6.07) is 0. The molecular weight excluding hydrogens is 152 g/mol. The van der Waals surface area contributed by atoms with E-state index in [1.165, 1.54) is 11.8 Å². The van der Waals surface area contributed by atoms with E-state index in [0.29, 0.717) is 0 Å². The third-order valence-corrected chi connectivity index (χ3v) is 2.54.